The lowest BCUT2D eigenvalue weighted by atomic mass is 9.81. The van der Waals surface area contributed by atoms with Crippen LogP contribution < -0.4 is 5.32 Å². The first-order valence-electron chi connectivity index (χ1n) is 5.42. The van der Waals surface area contributed by atoms with Crippen molar-refractivity contribution < 1.29 is 0 Å². The number of nitrogens with zero attached hydrogens (tertiary/aromatic N) is 3. The quantitative estimate of drug-likeness (QED) is 0.843. The number of rotatable bonds is 4. The topological polar surface area (TPSA) is 61.6 Å². The maximum Gasteiger partial charge on any atom is 0.145 e. The number of anilines is 1. The SMILES string of the molecule is CC(C)C(C)(C)CNc1cc(C#N)ncn1. The predicted molar refractivity (Wildman–Crippen MR) is 63.9 cm³/mol. The van der Waals surface area contributed by atoms with Crippen molar-refractivity contribution in [1.82, 2.24) is 9.97 Å². The number of aromatic nitrogens is 2. The van der Waals surface area contributed by atoms with E-state index < -0.39 is 0 Å². The van der Waals surface area contributed by atoms with Crippen LogP contribution in [0.1, 0.15) is 33.4 Å². The Kier molecular flexibility index (Phi) is 3.83. The molecule has 0 aliphatic rings. The summed E-state index contributed by atoms with van der Waals surface area (Å²) in [7, 11) is 0. The zero-order valence-electron chi connectivity index (χ0n) is 10.3. The van der Waals surface area contributed by atoms with Crippen molar-refractivity contribution in [2.45, 2.75) is 27.7 Å². The highest BCUT2D eigenvalue weighted by Crippen LogP contribution is 2.25. The zero-order chi connectivity index (χ0) is 12.2. The minimum Gasteiger partial charge on any atom is -0.369 e. The monoisotopic (exact) mass is 218 g/mol. The molecular formula is C12H18N4. The molecule has 0 saturated heterocycles. The average molecular weight is 218 g/mol. The van der Waals surface area contributed by atoms with Gasteiger partial charge in [0.15, 0.2) is 0 Å². The van der Waals surface area contributed by atoms with E-state index in [1.54, 1.807) is 6.07 Å². The van der Waals surface area contributed by atoms with Crippen molar-refractivity contribution in [2.75, 3.05) is 11.9 Å². The second kappa shape index (κ2) is 4.93. The standard InChI is InChI=1S/C12H18N4/c1-9(2)12(3,4)7-14-11-5-10(6-13)15-8-16-11/h5,8-9H,7H2,1-4H3,(H,14,15,16). The van der Waals surface area contributed by atoms with Crippen molar-refractivity contribution >= 4 is 5.82 Å². The lowest BCUT2D eigenvalue weighted by Crippen LogP contribution is -2.28. The first-order chi connectivity index (χ1) is 7.45. The normalized spacial score (nSPS) is 11.2. The second-order valence-electron chi connectivity index (χ2n) is 4.90. The van der Waals surface area contributed by atoms with E-state index in [9.17, 15) is 0 Å². The fourth-order valence-corrected chi connectivity index (χ4v) is 1.04. The van der Waals surface area contributed by atoms with E-state index in [1.165, 1.54) is 6.33 Å². The Bertz CT molecular complexity index is 390. The minimum atomic E-state index is 0.192. The van der Waals surface area contributed by atoms with Crippen molar-refractivity contribution in [3.05, 3.63) is 18.1 Å². The van der Waals surface area contributed by atoms with Gasteiger partial charge in [0.05, 0.1) is 0 Å². The van der Waals surface area contributed by atoms with Crippen molar-refractivity contribution in [3.8, 4) is 6.07 Å². The van der Waals surface area contributed by atoms with Crippen molar-refractivity contribution in [2.24, 2.45) is 11.3 Å². The smallest absolute Gasteiger partial charge is 0.145 e. The molecule has 0 saturated carbocycles. The molecule has 0 spiro atoms. The van der Waals surface area contributed by atoms with Gasteiger partial charge < -0.3 is 5.32 Å². The molecule has 0 atom stereocenters. The van der Waals surface area contributed by atoms with Crippen LogP contribution in [0, 0.1) is 22.7 Å². The molecule has 0 aliphatic carbocycles. The Balaban J connectivity index is 2.65. The minimum absolute atomic E-state index is 0.192. The summed E-state index contributed by atoms with van der Waals surface area (Å²) < 4.78 is 0. The molecule has 16 heavy (non-hydrogen) atoms. The molecule has 0 fully saturated rings. The van der Waals surface area contributed by atoms with Crippen LogP contribution in [0.3, 0.4) is 0 Å². The van der Waals surface area contributed by atoms with Gasteiger partial charge in [-0.25, -0.2) is 9.97 Å². The van der Waals surface area contributed by atoms with Gasteiger partial charge in [0.1, 0.15) is 23.9 Å². The summed E-state index contributed by atoms with van der Waals surface area (Å²) in [6, 6.07) is 3.66. The van der Waals surface area contributed by atoms with E-state index in [1.807, 2.05) is 6.07 Å². The van der Waals surface area contributed by atoms with Crippen LogP contribution >= 0.6 is 0 Å². The van der Waals surface area contributed by atoms with E-state index in [0.717, 1.165) is 6.54 Å². The molecule has 1 heterocycles. The first kappa shape index (κ1) is 12.4. The number of nitrogens with one attached hydrogen (secondary N) is 1. The highest BCUT2D eigenvalue weighted by molar-refractivity contribution is 5.38. The van der Waals surface area contributed by atoms with Gasteiger partial charge in [-0.15, -0.1) is 0 Å². The van der Waals surface area contributed by atoms with Crippen LogP contribution in [-0.2, 0) is 0 Å². The molecular weight excluding hydrogens is 200 g/mol. The van der Waals surface area contributed by atoms with Crippen LogP contribution in [0.2, 0.25) is 0 Å². The van der Waals surface area contributed by atoms with Crippen LogP contribution in [0.5, 0.6) is 0 Å². The van der Waals surface area contributed by atoms with Gasteiger partial charge in [-0.05, 0) is 11.3 Å². The fraction of sp³-hybridized carbons (Fsp3) is 0.583. The summed E-state index contributed by atoms with van der Waals surface area (Å²) >= 11 is 0. The van der Waals surface area contributed by atoms with Crippen molar-refractivity contribution in [3.63, 3.8) is 0 Å². The van der Waals surface area contributed by atoms with Gasteiger partial charge in [0.25, 0.3) is 0 Å². The van der Waals surface area contributed by atoms with Crippen molar-refractivity contribution in [1.29, 1.82) is 5.26 Å². The van der Waals surface area contributed by atoms with E-state index in [-0.39, 0.29) is 5.41 Å². The summed E-state index contributed by atoms with van der Waals surface area (Å²) in [6.07, 6.45) is 1.41. The molecule has 86 valence electrons. The van der Waals surface area contributed by atoms with E-state index in [2.05, 4.69) is 43.0 Å². The summed E-state index contributed by atoms with van der Waals surface area (Å²) in [5, 5.41) is 11.9. The zero-order valence-corrected chi connectivity index (χ0v) is 10.3. The largest absolute Gasteiger partial charge is 0.369 e. The molecule has 0 bridgehead atoms. The Morgan fingerprint density at radius 1 is 1.44 bits per heavy atom. The molecule has 1 aromatic heterocycles. The van der Waals surface area contributed by atoms with Crippen LogP contribution in [0.4, 0.5) is 5.82 Å². The van der Waals surface area contributed by atoms with Crippen LogP contribution in [-0.4, -0.2) is 16.5 Å². The fourth-order valence-electron chi connectivity index (χ4n) is 1.04. The maximum absolute atomic E-state index is 8.71. The van der Waals surface area contributed by atoms with Gasteiger partial charge in [0, 0.05) is 12.6 Å². The molecule has 0 radical (unpaired) electrons. The van der Waals surface area contributed by atoms with Gasteiger partial charge in [-0.1, -0.05) is 27.7 Å². The third-order valence-electron chi connectivity index (χ3n) is 3.07. The average Bonchev–Trinajstić information content (AvgIpc) is 2.26. The molecule has 1 rings (SSSR count). The van der Waals surface area contributed by atoms with Crippen LogP contribution in [0.25, 0.3) is 0 Å². The number of hydrogen-bond donors (Lipinski definition) is 1. The Morgan fingerprint density at radius 2 is 2.12 bits per heavy atom. The molecule has 0 aliphatic heterocycles. The number of hydrogen-bond acceptors (Lipinski definition) is 4. The van der Waals surface area contributed by atoms with Gasteiger partial charge >= 0.3 is 0 Å². The Hall–Kier alpha value is -1.63. The number of nitriles is 1. The highest BCUT2D eigenvalue weighted by atomic mass is 15.0. The van der Waals surface area contributed by atoms with Gasteiger partial charge in [-0.3, -0.25) is 0 Å². The summed E-state index contributed by atoms with van der Waals surface area (Å²) in [6.45, 7) is 9.63. The molecule has 1 aromatic rings. The maximum atomic E-state index is 8.71. The predicted octanol–water partition coefficient (Wildman–Crippen LogP) is 2.44. The molecule has 4 nitrogen and oxygen atoms in total. The third kappa shape index (κ3) is 3.20. The second-order valence-corrected chi connectivity index (χ2v) is 4.90. The Morgan fingerprint density at radius 3 is 2.69 bits per heavy atom. The summed E-state index contributed by atoms with van der Waals surface area (Å²) in [5.41, 5.74) is 0.581. The Labute approximate surface area is 96.7 Å². The van der Waals surface area contributed by atoms with E-state index in [0.29, 0.717) is 17.4 Å². The first-order valence-corrected chi connectivity index (χ1v) is 5.42. The van der Waals surface area contributed by atoms with E-state index >= 15 is 0 Å². The molecule has 1 N–H and O–H groups in total. The lowest BCUT2D eigenvalue weighted by Gasteiger charge is -2.29. The molecule has 0 aromatic carbocycles. The molecule has 0 amide bonds. The summed E-state index contributed by atoms with van der Waals surface area (Å²) in [4.78, 5) is 7.90. The third-order valence-corrected chi connectivity index (χ3v) is 3.07. The lowest BCUT2D eigenvalue weighted by molar-refractivity contribution is 0.269. The molecule has 0 unspecified atom stereocenters. The molecule has 4 heteroatoms. The van der Waals surface area contributed by atoms with E-state index in [4.69, 9.17) is 5.26 Å². The van der Waals surface area contributed by atoms with Gasteiger partial charge in [0.2, 0.25) is 0 Å². The summed E-state index contributed by atoms with van der Waals surface area (Å²) in [5.74, 6) is 1.29. The van der Waals surface area contributed by atoms with Gasteiger partial charge in [-0.2, -0.15) is 5.26 Å². The van der Waals surface area contributed by atoms with Crippen LogP contribution in [0.15, 0.2) is 12.4 Å². The highest BCUT2D eigenvalue weighted by Gasteiger charge is 2.21.